The lowest BCUT2D eigenvalue weighted by Crippen LogP contribution is -2.13. The molecule has 0 amide bonds. The lowest BCUT2D eigenvalue weighted by Gasteiger charge is -2.13. The molecule has 1 atom stereocenters. The van der Waals surface area contributed by atoms with Crippen molar-refractivity contribution in [3.8, 4) is 0 Å². The Labute approximate surface area is 99.1 Å². The number of aliphatic hydroxyl groups is 1. The molecule has 0 aromatic heterocycles. The highest BCUT2D eigenvalue weighted by atomic mass is 35.5. The van der Waals surface area contributed by atoms with E-state index in [4.69, 9.17) is 16.7 Å². The van der Waals surface area contributed by atoms with Crippen molar-refractivity contribution in [1.82, 2.24) is 4.90 Å². The maximum Gasteiger partial charge on any atom is 0.337 e. The van der Waals surface area contributed by atoms with Gasteiger partial charge in [0.25, 0.3) is 0 Å². The average Bonchev–Trinajstić information content (AvgIpc) is 2.19. The summed E-state index contributed by atoms with van der Waals surface area (Å²) in [4.78, 5) is 12.5. The van der Waals surface area contributed by atoms with Crippen LogP contribution in [0.15, 0.2) is 18.2 Å². The second-order valence-corrected chi connectivity index (χ2v) is 4.24. The Balaban J connectivity index is 2.95. The van der Waals surface area contributed by atoms with Crippen molar-refractivity contribution in [3.05, 3.63) is 34.3 Å². The van der Waals surface area contributed by atoms with Crippen LogP contribution in [0.2, 0.25) is 5.02 Å². The third-order valence-electron chi connectivity index (χ3n) is 2.11. The number of benzene rings is 1. The van der Waals surface area contributed by atoms with E-state index in [1.807, 2.05) is 19.0 Å². The van der Waals surface area contributed by atoms with E-state index < -0.39 is 12.1 Å². The van der Waals surface area contributed by atoms with Gasteiger partial charge in [-0.2, -0.15) is 0 Å². The number of carbonyl (C=O) groups is 1. The minimum Gasteiger partial charge on any atom is -0.479 e. The fourth-order valence-corrected chi connectivity index (χ4v) is 1.59. The molecule has 1 unspecified atom stereocenters. The molecule has 0 heterocycles. The SMILES string of the molecule is CN(C)Cc1ccc(C(O)C(=O)O)cc1Cl. The largest absolute Gasteiger partial charge is 0.479 e. The summed E-state index contributed by atoms with van der Waals surface area (Å²) in [7, 11) is 3.83. The number of carboxylic acids is 1. The predicted octanol–water partition coefficient (Wildman–Crippen LogP) is 1.52. The number of aliphatic hydroxyl groups excluding tert-OH is 1. The first-order valence-electron chi connectivity index (χ1n) is 4.75. The van der Waals surface area contributed by atoms with Crippen molar-refractivity contribution in [1.29, 1.82) is 0 Å². The van der Waals surface area contributed by atoms with Crippen molar-refractivity contribution in [2.24, 2.45) is 0 Å². The van der Waals surface area contributed by atoms with Crippen LogP contribution in [-0.2, 0) is 11.3 Å². The molecule has 0 saturated carbocycles. The number of hydrogen-bond donors (Lipinski definition) is 2. The highest BCUT2D eigenvalue weighted by Crippen LogP contribution is 2.22. The van der Waals surface area contributed by atoms with Gasteiger partial charge in [-0.3, -0.25) is 0 Å². The smallest absolute Gasteiger partial charge is 0.337 e. The molecule has 1 rings (SSSR count). The molecule has 1 aromatic rings. The molecule has 88 valence electrons. The fourth-order valence-electron chi connectivity index (χ4n) is 1.35. The molecule has 0 spiro atoms. The lowest BCUT2D eigenvalue weighted by atomic mass is 10.1. The van der Waals surface area contributed by atoms with Crippen molar-refractivity contribution >= 4 is 17.6 Å². The third kappa shape index (κ3) is 3.20. The predicted molar refractivity (Wildman–Crippen MR) is 61.4 cm³/mol. The Morgan fingerprint density at radius 2 is 2.12 bits per heavy atom. The van der Waals surface area contributed by atoms with E-state index in [9.17, 15) is 9.90 Å². The van der Waals surface area contributed by atoms with E-state index in [0.29, 0.717) is 17.1 Å². The summed E-state index contributed by atoms with van der Waals surface area (Å²) in [6, 6.07) is 4.78. The van der Waals surface area contributed by atoms with Gasteiger partial charge in [0.15, 0.2) is 6.10 Å². The summed E-state index contributed by atoms with van der Waals surface area (Å²) < 4.78 is 0. The van der Waals surface area contributed by atoms with Crippen LogP contribution in [-0.4, -0.2) is 35.2 Å². The van der Waals surface area contributed by atoms with Gasteiger partial charge in [0, 0.05) is 11.6 Å². The molecule has 0 bridgehead atoms. The molecule has 1 aromatic carbocycles. The van der Waals surface area contributed by atoms with Crippen LogP contribution in [0.4, 0.5) is 0 Å². The first-order chi connectivity index (χ1) is 7.41. The van der Waals surface area contributed by atoms with Crippen molar-refractivity contribution < 1.29 is 15.0 Å². The zero-order chi connectivity index (χ0) is 12.3. The summed E-state index contributed by atoms with van der Waals surface area (Å²) in [5, 5.41) is 18.4. The van der Waals surface area contributed by atoms with Gasteiger partial charge >= 0.3 is 5.97 Å². The van der Waals surface area contributed by atoms with E-state index in [2.05, 4.69) is 0 Å². The molecule has 16 heavy (non-hydrogen) atoms. The topological polar surface area (TPSA) is 60.8 Å². The average molecular weight is 244 g/mol. The monoisotopic (exact) mass is 243 g/mol. The van der Waals surface area contributed by atoms with Crippen LogP contribution in [0.25, 0.3) is 0 Å². The van der Waals surface area contributed by atoms with Gasteiger partial charge in [0.05, 0.1) is 0 Å². The van der Waals surface area contributed by atoms with Gasteiger partial charge in [0.1, 0.15) is 0 Å². The summed E-state index contributed by atoms with van der Waals surface area (Å²) in [5.74, 6) is -1.28. The summed E-state index contributed by atoms with van der Waals surface area (Å²) in [6.45, 7) is 0.669. The Morgan fingerprint density at radius 1 is 1.50 bits per heavy atom. The first-order valence-corrected chi connectivity index (χ1v) is 5.13. The summed E-state index contributed by atoms with van der Waals surface area (Å²) >= 11 is 5.99. The van der Waals surface area contributed by atoms with E-state index in [1.54, 1.807) is 12.1 Å². The van der Waals surface area contributed by atoms with Crippen LogP contribution < -0.4 is 0 Å². The maximum absolute atomic E-state index is 10.6. The van der Waals surface area contributed by atoms with E-state index in [0.717, 1.165) is 5.56 Å². The normalized spacial score (nSPS) is 12.8. The Bertz CT molecular complexity index is 393. The molecule has 0 radical (unpaired) electrons. The van der Waals surface area contributed by atoms with E-state index in [1.165, 1.54) is 6.07 Å². The number of aliphatic carboxylic acids is 1. The standard InChI is InChI=1S/C11H14ClNO3/c1-13(2)6-8-4-3-7(5-9(8)12)10(14)11(15)16/h3-5,10,14H,6H2,1-2H3,(H,15,16). The Hall–Kier alpha value is -1.10. The van der Waals surface area contributed by atoms with E-state index >= 15 is 0 Å². The number of nitrogens with zero attached hydrogens (tertiary/aromatic N) is 1. The van der Waals surface area contributed by atoms with Gasteiger partial charge in [-0.25, -0.2) is 4.79 Å². The zero-order valence-electron chi connectivity index (χ0n) is 9.14. The second kappa shape index (κ2) is 5.30. The van der Waals surface area contributed by atoms with Gasteiger partial charge in [-0.05, 0) is 31.3 Å². The molecule has 2 N–H and O–H groups in total. The van der Waals surface area contributed by atoms with Crippen LogP contribution in [0.5, 0.6) is 0 Å². The molecule has 5 heteroatoms. The quantitative estimate of drug-likeness (QED) is 0.842. The number of halogens is 1. The van der Waals surface area contributed by atoms with Crippen molar-refractivity contribution in [2.75, 3.05) is 14.1 Å². The number of hydrogen-bond acceptors (Lipinski definition) is 3. The molecule has 0 aliphatic carbocycles. The number of carboxylic acid groups (broad SMARTS) is 1. The molecule has 0 aliphatic rings. The maximum atomic E-state index is 10.6. The number of rotatable bonds is 4. The summed E-state index contributed by atoms with van der Waals surface area (Å²) in [6.07, 6.45) is -1.52. The van der Waals surface area contributed by atoms with E-state index in [-0.39, 0.29) is 0 Å². The lowest BCUT2D eigenvalue weighted by molar-refractivity contribution is -0.146. The third-order valence-corrected chi connectivity index (χ3v) is 2.47. The van der Waals surface area contributed by atoms with Crippen molar-refractivity contribution in [3.63, 3.8) is 0 Å². The second-order valence-electron chi connectivity index (χ2n) is 3.83. The minimum atomic E-state index is -1.52. The highest BCUT2D eigenvalue weighted by Gasteiger charge is 2.16. The molecule has 4 nitrogen and oxygen atoms in total. The molecular formula is C11H14ClNO3. The highest BCUT2D eigenvalue weighted by molar-refractivity contribution is 6.31. The van der Waals surface area contributed by atoms with Crippen LogP contribution >= 0.6 is 11.6 Å². The van der Waals surface area contributed by atoms with Gasteiger partial charge in [-0.1, -0.05) is 23.7 Å². The van der Waals surface area contributed by atoms with Crippen molar-refractivity contribution in [2.45, 2.75) is 12.6 Å². The Morgan fingerprint density at radius 3 is 2.56 bits per heavy atom. The molecule has 0 saturated heterocycles. The molecular weight excluding hydrogens is 230 g/mol. The summed E-state index contributed by atoms with van der Waals surface area (Å²) in [5.41, 5.74) is 1.19. The van der Waals surface area contributed by atoms with Crippen LogP contribution in [0.3, 0.4) is 0 Å². The van der Waals surface area contributed by atoms with Gasteiger partial charge in [-0.15, -0.1) is 0 Å². The van der Waals surface area contributed by atoms with Gasteiger partial charge < -0.3 is 15.1 Å². The van der Waals surface area contributed by atoms with Gasteiger partial charge in [0.2, 0.25) is 0 Å². The fraction of sp³-hybridized carbons (Fsp3) is 0.364. The van der Waals surface area contributed by atoms with Crippen LogP contribution in [0.1, 0.15) is 17.2 Å². The zero-order valence-corrected chi connectivity index (χ0v) is 9.90. The molecule has 0 fully saturated rings. The minimum absolute atomic E-state index is 0.292. The molecule has 0 aliphatic heterocycles. The first kappa shape index (κ1) is 13.0. The Kier molecular flexibility index (Phi) is 4.29. The van der Waals surface area contributed by atoms with Crippen LogP contribution in [0, 0.1) is 0 Å².